The quantitative estimate of drug-likeness (QED) is 0.788. The van der Waals surface area contributed by atoms with Crippen molar-refractivity contribution in [2.24, 2.45) is 5.73 Å². The molecule has 0 fully saturated rings. The molecule has 0 unspecified atom stereocenters. The molecule has 0 saturated heterocycles. The number of aryl methyl sites for hydroxylation is 1. The van der Waals surface area contributed by atoms with E-state index in [1.165, 1.54) is 5.56 Å². The van der Waals surface area contributed by atoms with Crippen LogP contribution in [0.4, 0.5) is 5.69 Å². The van der Waals surface area contributed by atoms with Gasteiger partial charge < -0.3 is 5.73 Å². The standard InChI is InChI=1S/C10H16N2O2S/c1-15(13,14)12-10-6-4-9(5-7-10)3-2-8-11/h4-7,12H,2-3,8,11H2,1H3. The maximum Gasteiger partial charge on any atom is 0.229 e. The van der Waals surface area contributed by atoms with Crippen molar-refractivity contribution < 1.29 is 8.42 Å². The van der Waals surface area contributed by atoms with E-state index in [9.17, 15) is 8.42 Å². The Hall–Kier alpha value is -1.07. The average molecular weight is 228 g/mol. The molecule has 5 heteroatoms. The second kappa shape index (κ2) is 5.14. The molecule has 3 N–H and O–H groups in total. The molecule has 0 aliphatic carbocycles. The molecule has 0 aliphatic rings. The fraction of sp³-hybridized carbons (Fsp3) is 0.400. The number of rotatable bonds is 5. The zero-order valence-corrected chi connectivity index (χ0v) is 9.55. The van der Waals surface area contributed by atoms with Crippen molar-refractivity contribution in [2.45, 2.75) is 12.8 Å². The average Bonchev–Trinajstić information content (AvgIpc) is 2.14. The highest BCUT2D eigenvalue weighted by Crippen LogP contribution is 2.11. The predicted molar refractivity (Wildman–Crippen MR) is 62.3 cm³/mol. The molecule has 0 bridgehead atoms. The van der Waals surface area contributed by atoms with Gasteiger partial charge in [0.1, 0.15) is 0 Å². The summed E-state index contributed by atoms with van der Waals surface area (Å²) in [6, 6.07) is 7.33. The third kappa shape index (κ3) is 4.80. The summed E-state index contributed by atoms with van der Waals surface area (Å²) >= 11 is 0. The van der Waals surface area contributed by atoms with Crippen LogP contribution in [0.3, 0.4) is 0 Å². The van der Waals surface area contributed by atoms with Crippen molar-refractivity contribution in [1.82, 2.24) is 0 Å². The highest BCUT2D eigenvalue weighted by Gasteiger charge is 2.00. The smallest absolute Gasteiger partial charge is 0.229 e. The minimum Gasteiger partial charge on any atom is -0.330 e. The molecule has 0 atom stereocenters. The molecule has 0 saturated carbocycles. The maximum absolute atomic E-state index is 10.9. The van der Waals surface area contributed by atoms with Gasteiger partial charge in [0.05, 0.1) is 6.26 Å². The number of hydrogen-bond donors (Lipinski definition) is 2. The number of nitrogens with two attached hydrogens (primary N) is 1. The van der Waals surface area contributed by atoms with Gasteiger partial charge in [-0.3, -0.25) is 4.72 Å². The van der Waals surface area contributed by atoms with Crippen LogP contribution in [0.25, 0.3) is 0 Å². The lowest BCUT2D eigenvalue weighted by Gasteiger charge is -2.05. The van der Waals surface area contributed by atoms with Gasteiger partial charge in [0.2, 0.25) is 10.0 Å². The molecule has 0 heterocycles. The van der Waals surface area contributed by atoms with E-state index in [4.69, 9.17) is 5.73 Å². The normalized spacial score (nSPS) is 11.3. The Morgan fingerprint density at radius 2 is 1.87 bits per heavy atom. The van der Waals surface area contributed by atoms with Gasteiger partial charge in [0.15, 0.2) is 0 Å². The monoisotopic (exact) mass is 228 g/mol. The Labute approximate surface area is 90.5 Å². The minimum absolute atomic E-state index is 0.592. The third-order valence-corrected chi connectivity index (χ3v) is 2.53. The maximum atomic E-state index is 10.9. The molecule has 15 heavy (non-hydrogen) atoms. The van der Waals surface area contributed by atoms with Crippen molar-refractivity contribution in [2.75, 3.05) is 17.5 Å². The van der Waals surface area contributed by atoms with Crippen LogP contribution < -0.4 is 10.5 Å². The lowest BCUT2D eigenvalue weighted by molar-refractivity contribution is 0.607. The Bertz CT molecular complexity index is 398. The molecule has 0 spiro atoms. The van der Waals surface area contributed by atoms with Gasteiger partial charge in [-0.1, -0.05) is 12.1 Å². The van der Waals surface area contributed by atoms with Gasteiger partial charge in [-0.2, -0.15) is 0 Å². The summed E-state index contributed by atoms with van der Waals surface area (Å²) in [6.45, 7) is 0.670. The van der Waals surface area contributed by atoms with Crippen molar-refractivity contribution >= 4 is 15.7 Å². The van der Waals surface area contributed by atoms with Gasteiger partial charge in [0.25, 0.3) is 0 Å². The van der Waals surface area contributed by atoms with Crippen LogP contribution in [-0.4, -0.2) is 21.2 Å². The van der Waals surface area contributed by atoms with Crippen molar-refractivity contribution in [3.8, 4) is 0 Å². The van der Waals surface area contributed by atoms with Gasteiger partial charge in [-0.05, 0) is 37.1 Å². The predicted octanol–water partition coefficient (Wildman–Crippen LogP) is 0.949. The van der Waals surface area contributed by atoms with Crippen LogP contribution in [0.2, 0.25) is 0 Å². The van der Waals surface area contributed by atoms with E-state index in [2.05, 4.69) is 4.72 Å². The zero-order chi connectivity index (χ0) is 11.3. The van der Waals surface area contributed by atoms with E-state index < -0.39 is 10.0 Å². The Morgan fingerprint density at radius 1 is 1.27 bits per heavy atom. The highest BCUT2D eigenvalue weighted by atomic mass is 32.2. The number of nitrogens with one attached hydrogen (secondary N) is 1. The summed E-state index contributed by atoms with van der Waals surface area (Å²) < 4.78 is 24.3. The molecule has 1 rings (SSSR count). The first kappa shape index (κ1) is 12.0. The van der Waals surface area contributed by atoms with E-state index in [1.54, 1.807) is 12.1 Å². The Balaban J connectivity index is 2.64. The summed E-state index contributed by atoms with van der Waals surface area (Å²) in [5, 5.41) is 0. The molecule has 4 nitrogen and oxygen atoms in total. The first-order chi connectivity index (χ1) is 7.01. The van der Waals surface area contributed by atoms with Gasteiger partial charge in [-0.15, -0.1) is 0 Å². The molecule has 84 valence electrons. The molecule has 1 aromatic carbocycles. The molecular weight excluding hydrogens is 212 g/mol. The first-order valence-corrected chi connectivity index (χ1v) is 6.67. The Kier molecular flexibility index (Phi) is 4.11. The summed E-state index contributed by atoms with van der Waals surface area (Å²) in [5.74, 6) is 0. The number of anilines is 1. The van der Waals surface area contributed by atoms with Crippen molar-refractivity contribution in [1.29, 1.82) is 0 Å². The topological polar surface area (TPSA) is 72.2 Å². The van der Waals surface area contributed by atoms with E-state index in [1.807, 2.05) is 12.1 Å². The molecule has 0 aliphatic heterocycles. The fourth-order valence-electron chi connectivity index (χ4n) is 1.26. The largest absolute Gasteiger partial charge is 0.330 e. The molecule has 1 aromatic rings. The highest BCUT2D eigenvalue weighted by molar-refractivity contribution is 7.92. The van der Waals surface area contributed by atoms with E-state index in [-0.39, 0.29) is 0 Å². The van der Waals surface area contributed by atoms with Crippen LogP contribution in [0.15, 0.2) is 24.3 Å². The fourth-order valence-corrected chi connectivity index (χ4v) is 1.82. The first-order valence-electron chi connectivity index (χ1n) is 4.78. The summed E-state index contributed by atoms with van der Waals surface area (Å²) in [7, 11) is -3.18. The Morgan fingerprint density at radius 3 is 2.33 bits per heavy atom. The lowest BCUT2D eigenvalue weighted by Crippen LogP contribution is -2.09. The summed E-state index contributed by atoms with van der Waals surface area (Å²) in [6.07, 6.45) is 3.00. The number of hydrogen-bond acceptors (Lipinski definition) is 3. The molecule has 0 aromatic heterocycles. The summed E-state index contributed by atoms with van der Waals surface area (Å²) in [5.41, 5.74) is 7.16. The summed E-state index contributed by atoms with van der Waals surface area (Å²) in [4.78, 5) is 0. The SMILES string of the molecule is CS(=O)(=O)Nc1ccc(CCCN)cc1. The van der Waals surface area contributed by atoms with Gasteiger partial charge >= 0.3 is 0 Å². The van der Waals surface area contributed by atoms with E-state index in [0.29, 0.717) is 12.2 Å². The van der Waals surface area contributed by atoms with Gasteiger partial charge in [0, 0.05) is 5.69 Å². The van der Waals surface area contributed by atoms with Crippen LogP contribution in [-0.2, 0) is 16.4 Å². The number of benzene rings is 1. The molecular formula is C10H16N2O2S. The van der Waals surface area contributed by atoms with Crippen molar-refractivity contribution in [3.05, 3.63) is 29.8 Å². The third-order valence-electron chi connectivity index (χ3n) is 1.93. The van der Waals surface area contributed by atoms with Crippen molar-refractivity contribution in [3.63, 3.8) is 0 Å². The lowest BCUT2D eigenvalue weighted by atomic mass is 10.1. The second-order valence-corrected chi connectivity index (χ2v) is 5.21. The van der Waals surface area contributed by atoms with Gasteiger partial charge in [-0.25, -0.2) is 8.42 Å². The van der Waals surface area contributed by atoms with Crippen LogP contribution in [0.1, 0.15) is 12.0 Å². The molecule has 0 amide bonds. The van der Waals surface area contributed by atoms with E-state index in [0.717, 1.165) is 19.1 Å². The van der Waals surface area contributed by atoms with Crippen LogP contribution in [0.5, 0.6) is 0 Å². The zero-order valence-electron chi connectivity index (χ0n) is 8.73. The number of sulfonamides is 1. The van der Waals surface area contributed by atoms with Crippen LogP contribution >= 0.6 is 0 Å². The second-order valence-electron chi connectivity index (χ2n) is 3.46. The molecule has 0 radical (unpaired) electrons. The van der Waals surface area contributed by atoms with Crippen LogP contribution in [0, 0.1) is 0 Å². The minimum atomic E-state index is -3.18. The van der Waals surface area contributed by atoms with E-state index >= 15 is 0 Å².